The van der Waals surface area contributed by atoms with E-state index in [1.807, 2.05) is 13.0 Å². The number of rotatable bonds is 8. The van der Waals surface area contributed by atoms with Gasteiger partial charge in [-0.3, -0.25) is 4.57 Å². The van der Waals surface area contributed by atoms with Gasteiger partial charge in [-0.15, -0.1) is 0 Å². The molecule has 0 fully saturated rings. The lowest BCUT2D eigenvalue weighted by Crippen LogP contribution is -2.16. The Bertz CT molecular complexity index is 473. The fraction of sp³-hybridized carbons (Fsp3) is 0.538. The first-order valence-corrected chi connectivity index (χ1v) is 8.95. The van der Waals surface area contributed by atoms with Gasteiger partial charge in [0, 0.05) is 10.0 Å². The highest BCUT2D eigenvalue weighted by molar-refractivity contribution is 9.10. The Morgan fingerprint density at radius 1 is 1.20 bits per heavy atom. The summed E-state index contributed by atoms with van der Waals surface area (Å²) in [6, 6.07) is 5.40. The highest BCUT2D eigenvalue weighted by atomic mass is 79.9. The van der Waals surface area contributed by atoms with E-state index in [4.69, 9.17) is 19.5 Å². The van der Waals surface area contributed by atoms with E-state index in [0.717, 1.165) is 4.47 Å². The van der Waals surface area contributed by atoms with Crippen LogP contribution in [0.1, 0.15) is 32.1 Å². The second-order valence-corrected chi connectivity index (χ2v) is 7.00. The number of hydrogen-bond donors (Lipinski definition) is 1. The van der Waals surface area contributed by atoms with Crippen LogP contribution in [0.3, 0.4) is 0 Å². The first-order chi connectivity index (χ1) is 9.48. The van der Waals surface area contributed by atoms with Crippen molar-refractivity contribution < 1.29 is 18.3 Å². The summed E-state index contributed by atoms with van der Waals surface area (Å²) in [4.78, 5) is 0. The van der Waals surface area contributed by atoms with Gasteiger partial charge in [-0.05, 0) is 39.0 Å². The molecule has 0 aliphatic heterocycles. The normalized spacial score (nSPS) is 13.2. The van der Waals surface area contributed by atoms with E-state index in [2.05, 4.69) is 15.9 Å². The van der Waals surface area contributed by atoms with Crippen LogP contribution in [0.4, 0.5) is 0 Å². The lowest BCUT2D eigenvalue weighted by molar-refractivity contribution is 0.211. The van der Waals surface area contributed by atoms with Gasteiger partial charge in [0.15, 0.2) is 0 Å². The van der Waals surface area contributed by atoms with E-state index in [1.165, 1.54) is 0 Å². The number of hydrogen-bond acceptors (Lipinski definition) is 5. The highest BCUT2D eigenvalue weighted by Crippen LogP contribution is 2.59. The topological polar surface area (TPSA) is 70.8 Å². The monoisotopic (exact) mass is 365 g/mol. The second-order valence-electron chi connectivity index (χ2n) is 3.94. The van der Waals surface area contributed by atoms with Crippen molar-refractivity contribution in [3.8, 4) is 5.75 Å². The molecule has 1 atom stereocenters. The summed E-state index contributed by atoms with van der Waals surface area (Å²) in [7, 11) is -3.43. The fourth-order valence-corrected chi connectivity index (χ4v) is 3.80. The molecule has 0 aliphatic rings. The zero-order chi connectivity index (χ0) is 15.2. The quantitative estimate of drug-likeness (QED) is 0.703. The summed E-state index contributed by atoms with van der Waals surface area (Å²) < 4.78 is 29.7. The summed E-state index contributed by atoms with van der Waals surface area (Å²) in [5, 5.41) is 0. The minimum absolute atomic E-state index is 0.267. The maximum atomic E-state index is 12.7. The van der Waals surface area contributed by atoms with Crippen molar-refractivity contribution in [3.63, 3.8) is 0 Å². The third-order valence-electron chi connectivity index (χ3n) is 2.55. The predicted octanol–water partition coefficient (Wildman–Crippen LogP) is 4.07. The van der Waals surface area contributed by atoms with Crippen molar-refractivity contribution in [1.82, 2.24) is 0 Å². The largest absolute Gasteiger partial charge is 0.494 e. The van der Waals surface area contributed by atoms with Crippen molar-refractivity contribution >= 4 is 23.5 Å². The first kappa shape index (κ1) is 17.7. The minimum Gasteiger partial charge on any atom is -0.494 e. The van der Waals surface area contributed by atoms with Crippen LogP contribution in [0.15, 0.2) is 22.7 Å². The molecular weight excluding hydrogens is 345 g/mol. The van der Waals surface area contributed by atoms with Gasteiger partial charge in [0.2, 0.25) is 0 Å². The van der Waals surface area contributed by atoms with E-state index in [1.54, 1.807) is 26.0 Å². The van der Waals surface area contributed by atoms with Gasteiger partial charge >= 0.3 is 7.60 Å². The molecule has 0 radical (unpaired) electrons. The van der Waals surface area contributed by atoms with Gasteiger partial charge in [0.1, 0.15) is 11.5 Å². The van der Waals surface area contributed by atoms with Gasteiger partial charge < -0.3 is 19.5 Å². The highest BCUT2D eigenvalue weighted by Gasteiger charge is 2.35. The standard InChI is InChI=1S/C13H21BrNO4P/c1-4-17-12-8-7-10(14)9-11(12)13(15)20(16,18-5-2)19-6-3/h7-9,13H,4-6,15H2,1-3H3/t13-/m0/s1. The predicted molar refractivity (Wildman–Crippen MR) is 83.1 cm³/mol. The molecule has 0 saturated carbocycles. The van der Waals surface area contributed by atoms with Gasteiger partial charge in [0.05, 0.1) is 19.8 Å². The van der Waals surface area contributed by atoms with Crippen molar-refractivity contribution in [1.29, 1.82) is 0 Å². The van der Waals surface area contributed by atoms with Crippen LogP contribution in [-0.2, 0) is 13.6 Å². The molecule has 1 rings (SSSR count). The molecule has 7 heteroatoms. The Hall–Kier alpha value is -0.390. The molecule has 0 heterocycles. The molecule has 0 bridgehead atoms. The van der Waals surface area contributed by atoms with Gasteiger partial charge in [-0.2, -0.15) is 0 Å². The van der Waals surface area contributed by atoms with Crippen LogP contribution in [0.5, 0.6) is 5.75 Å². The zero-order valence-electron chi connectivity index (χ0n) is 12.0. The molecule has 20 heavy (non-hydrogen) atoms. The molecule has 114 valence electrons. The Kier molecular flexibility index (Phi) is 7.20. The third kappa shape index (κ3) is 4.30. The fourth-order valence-electron chi connectivity index (χ4n) is 1.77. The molecule has 5 nitrogen and oxygen atoms in total. The zero-order valence-corrected chi connectivity index (χ0v) is 14.4. The van der Waals surface area contributed by atoms with Crippen LogP contribution >= 0.6 is 23.5 Å². The van der Waals surface area contributed by atoms with Gasteiger partial charge in [-0.1, -0.05) is 15.9 Å². The Balaban J connectivity index is 3.19. The van der Waals surface area contributed by atoms with Crippen molar-refractivity contribution in [3.05, 3.63) is 28.2 Å². The number of nitrogens with two attached hydrogens (primary N) is 1. The van der Waals surface area contributed by atoms with E-state index >= 15 is 0 Å². The molecule has 2 N–H and O–H groups in total. The molecule has 0 amide bonds. The lowest BCUT2D eigenvalue weighted by atomic mass is 10.2. The number of benzene rings is 1. The van der Waals surface area contributed by atoms with E-state index in [0.29, 0.717) is 17.9 Å². The summed E-state index contributed by atoms with van der Waals surface area (Å²) in [5.41, 5.74) is 6.73. The summed E-state index contributed by atoms with van der Waals surface area (Å²) in [6.45, 7) is 6.41. The van der Waals surface area contributed by atoms with Crippen LogP contribution in [0.25, 0.3) is 0 Å². The Labute approximate surface area is 128 Å². The summed E-state index contributed by atoms with van der Waals surface area (Å²) in [5.74, 6) is -0.302. The lowest BCUT2D eigenvalue weighted by Gasteiger charge is -2.25. The molecule has 0 unspecified atom stereocenters. The molecule has 0 spiro atoms. The molecular formula is C13H21BrNO4P. The number of ether oxygens (including phenoxy) is 1. The minimum atomic E-state index is -3.43. The van der Waals surface area contributed by atoms with Crippen molar-refractivity contribution in [2.45, 2.75) is 26.6 Å². The van der Waals surface area contributed by atoms with Gasteiger partial charge in [0.25, 0.3) is 0 Å². The van der Waals surface area contributed by atoms with Crippen molar-refractivity contribution in [2.75, 3.05) is 19.8 Å². The SMILES string of the molecule is CCOc1ccc(Br)cc1[C@@H](N)P(=O)(OCC)OCC. The summed E-state index contributed by atoms with van der Waals surface area (Å²) >= 11 is 3.38. The maximum Gasteiger partial charge on any atom is 0.351 e. The average molecular weight is 366 g/mol. The van der Waals surface area contributed by atoms with E-state index in [9.17, 15) is 4.57 Å². The van der Waals surface area contributed by atoms with Crippen LogP contribution in [0.2, 0.25) is 0 Å². The maximum absolute atomic E-state index is 12.7. The van der Waals surface area contributed by atoms with Gasteiger partial charge in [-0.25, -0.2) is 0 Å². The molecule has 0 aliphatic carbocycles. The smallest absolute Gasteiger partial charge is 0.351 e. The Morgan fingerprint density at radius 3 is 2.30 bits per heavy atom. The molecule has 1 aromatic carbocycles. The molecule has 1 aromatic rings. The van der Waals surface area contributed by atoms with Crippen LogP contribution in [-0.4, -0.2) is 19.8 Å². The van der Waals surface area contributed by atoms with Crippen LogP contribution in [0, 0.1) is 0 Å². The van der Waals surface area contributed by atoms with E-state index < -0.39 is 13.4 Å². The molecule has 0 aromatic heterocycles. The second kappa shape index (κ2) is 8.15. The summed E-state index contributed by atoms with van der Waals surface area (Å²) in [6.07, 6.45) is 0. The molecule has 0 saturated heterocycles. The average Bonchev–Trinajstić information content (AvgIpc) is 2.41. The third-order valence-corrected chi connectivity index (χ3v) is 5.24. The Morgan fingerprint density at radius 2 is 1.80 bits per heavy atom. The number of halogens is 1. The first-order valence-electron chi connectivity index (χ1n) is 6.55. The van der Waals surface area contributed by atoms with E-state index in [-0.39, 0.29) is 13.2 Å². The van der Waals surface area contributed by atoms with Crippen molar-refractivity contribution in [2.24, 2.45) is 5.73 Å². The van der Waals surface area contributed by atoms with Crippen LogP contribution < -0.4 is 10.5 Å².